The molecule has 4 rings (SSSR count). The van der Waals surface area contributed by atoms with Crippen LogP contribution in [0.4, 0.5) is 5.13 Å². The molecule has 1 aromatic heterocycles. The number of nitrogens with one attached hydrogen (secondary N) is 1. The van der Waals surface area contributed by atoms with E-state index in [1.807, 2.05) is 12.1 Å². The number of ether oxygens (including phenoxy) is 2. The van der Waals surface area contributed by atoms with Gasteiger partial charge in [-0.1, -0.05) is 29.3 Å². The molecule has 8 heteroatoms. The van der Waals surface area contributed by atoms with Gasteiger partial charge in [-0.15, -0.1) is 11.3 Å². The van der Waals surface area contributed by atoms with Gasteiger partial charge < -0.3 is 9.47 Å². The molecule has 1 aliphatic rings. The zero-order valence-electron chi connectivity index (χ0n) is 14.0. The first-order valence-electron chi connectivity index (χ1n) is 8.18. The van der Waals surface area contributed by atoms with Crippen molar-refractivity contribution in [2.45, 2.75) is 6.42 Å². The van der Waals surface area contributed by atoms with Crippen LogP contribution in [0.5, 0.6) is 11.5 Å². The van der Waals surface area contributed by atoms with Crippen molar-refractivity contribution in [3.8, 4) is 11.5 Å². The molecule has 1 amide bonds. The lowest BCUT2D eigenvalue weighted by atomic mass is 10.1. The Kier molecular flexibility index (Phi) is 5.20. The third kappa shape index (κ3) is 4.18. The van der Waals surface area contributed by atoms with E-state index in [4.69, 9.17) is 32.7 Å². The summed E-state index contributed by atoms with van der Waals surface area (Å²) in [7, 11) is 0. The van der Waals surface area contributed by atoms with Gasteiger partial charge in [-0.2, -0.15) is 0 Å². The molecule has 5 nitrogen and oxygen atoms in total. The SMILES string of the molecule is O=C(Nc1ncc(Cc2ccc(Cl)c(Cl)c2)s1)c1ccc2c(c1)OCCO2. The van der Waals surface area contributed by atoms with E-state index in [9.17, 15) is 4.79 Å². The summed E-state index contributed by atoms with van der Waals surface area (Å²) in [6.07, 6.45) is 2.40. The summed E-state index contributed by atoms with van der Waals surface area (Å²) in [4.78, 5) is 17.8. The lowest BCUT2D eigenvalue weighted by Gasteiger charge is -2.18. The average molecular weight is 421 g/mol. The van der Waals surface area contributed by atoms with Crippen LogP contribution in [0.3, 0.4) is 0 Å². The van der Waals surface area contributed by atoms with Gasteiger partial charge in [0.15, 0.2) is 16.6 Å². The number of aromatic nitrogens is 1. The highest BCUT2D eigenvalue weighted by atomic mass is 35.5. The number of thiazole rings is 1. The maximum absolute atomic E-state index is 12.5. The molecular weight excluding hydrogens is 407 g/mol. The maximum atomic E-state index is 12.5. The number of nitrogens with zero attached hydrogens (tertiary/aromatic N) is 1. The van der Waals surface area contributed by atoms with Gasteiger partial charge in [0, 0.05) is 23.1 Å². The molecule has 0 saturated heterocycles. The predicted molar refractivity (Wildman–Crippen MR) is 107 cm³/mol. The number of rotatable bonds is 4. The minimum atomic E-state index is -0.248. The van der Waals surface area contributed by atoms with Gasteiger partial charge in [-0.25, -0.2) is 4.98 Å². The Labute approximate surface area is 169 Å². The largest absolute Gasteiger partial charge is 0.486 e. The number of hydrogen-bond acceptors (Lipinski definition) is 5. The van der Waals surface area contributed by atoms with Crippen molar-refractivity contribution in [2.75, 3.05) is 18.5 Å². The lowest BCUT2D eigenvalue weighted by molar-refractivity contribution is 0.102. The van der Waals surface area contributed by atoms with E-state index in [2.05, 4.69) is 10.3 Å². The summed E-state index contributed by atoms with van der Waals surface area (Å²) in [6.45, 7) is 0.988. The second-order valence-electron chi connectivity index (χ2n) is 5.87. The summed E-state index contributed by atoms with van der Waals surface area (Å²) < 4.78 is 11.0. The number of amides is 1. The zero-order chi connectivity index (χ0) is 18.8. The van der Waals surface area contributed by atoms with E-state index < -0.39 is 0 Å². The van der Waals surface area contributed by atoms with Crippen molar-refractivity contribution >= 4 is 45.6 Å². The van der Waals surface area contributed by atoms with Gasteiger partial charge in [0.25, 0.3) is 5.91 Å². The molecule has 1 aliphatic heterocycles. The van der Waals surface area contributed by atoms with E-state index in [0.29, 0.717) is 51.9 Å². The Morgan fingerprint density at radius 3 is 2.70 bits per heavy atom. The fraction of sp³-hybridized carbons (Fsp3) is 0.158. The molecule has 2 heterocycles. The minimum absolute atomic E-state index is 0.248. The molecule has 0 atom stereocenters. The fourth-order valence-corrected chi connectivity index (χ4v) is 3.81. The second-order valence-corrected chi connectivity index (χ2v) is 7.80. The highest BCUT2D eigenvalue weighted by Crippen LogP contribution is 2.31. The van der Waals surface area contributed by atoms with Crippen molar-refractivity contribution in [3.05, 3.63) is 68.6 Å². The fourth-order valence-electron chi connectivity index (χ4n) is 2.65. The third-order valence-corrected chi connectivity index (χ3v) is 5.59. The first kappa shape index (κ1) is 18.1. The number of hydrogen-bond donors (Lipinski definition) is 1. The van der Waals surface area contributed by atoms with Gasteiger partial charge in [0.1, 0.15) is 13.2 Å². The lowest BCUT2D eigenvalue weighted by Crippen LogP contribution is -2.17. The van der Waals surface area contributed by atoms with E-state index in [0.717, 1.165) is 10.4 Å². The van der Waals surface area contributed by atoms with Gasteiger partial charge in [-0.05, 0) is 35.9 Å². The Morgan fingerprint density at radius 1 is 1.07 bits per heavy atom. The van der Waals surface area contributed by atoms with Crippen molar-refractivity contribution in [1.82, 2.24) is 4.98 Å². The predicted octanol–water partition coefficient (Wildman–Crippen LogP) is 5.06. The quantitative estimate of drug-likeness (QED) is 0.640. The van der Waals surface area contributed by atoms with Crippen LogP contribution in [0.2, 0.25) is 10.0 Å². The normalized spacial score (nSPS) is 12.7. The maximum Gasteiger partial charge on any atom is 0.257 e. The average Bonchev–Trinajstić information content (AvgIpc) is 3.11. The van der Waals surface area contributed by atoms with Crippen LogP contribution < -0.4 is 14.8 Å². The summed E-state index contributed by atoms with van der Waals surface area (Å²) in [6, 6.07) is 10.6. The van der Waals surface area contributed by atoms with Crippen LogP contribution >= 0.6 is 34.5 Å². The molecule has 138 valence electrons. The number of halogens is 2. The van der Waals surface area contributed by atoms with Gasteiger partial charge >= 0.3 is 0 Å². The van der Waals surface area contributed by atoms with E-state index in [-0.39, 0.29) is 5.91 Å². The summed E-state index contributed by atoms with van der Waals surface area (Å²) >= 11 is 13.4. The van der Waals surface area contributed by atoms with E-state index >= 15 is 0 Å². The molecule has 27 heavy (non-hydrogen) atoms. The molecule has 1 N–H and O–H groups in total. The summed E-state index contributed by atoms with van der Waals surface area (Å²) in [5.74, 6) is 0.978. The molecule has 0 bridgehead atoms. The molecule has 0 radical (unpaired) electrons. The Morgan fingerprint density at radius 2 is 1.89 bits per heavy atom. The highest BCUT2D eigenvalue weighted by molar-refractivity contribution is 7.15. The highest BCUT2D eigenvalue weighted by Gasteiger charge is 2.16. The Hall–Kier alpha value is -2.28. The van der Waals surface area contributed by atoms with Crippen molar-refractivity contribution in [2.24, 2.45) is 0 Å². The second kappa shape index (κ2) is 7.76. The van der Waals surface area contributed by atoms with Crippen LogP contribution in [0.15, 0.2) is 42.6 Å². The molecule has 0 aliphatic carbocycles. The summed E-state index contributed by atoms with van der Waals surface area (Å²) in [5.41, 5.74) is 1.51. The molecule has 0 saturated carbocycles. The molecule has 0 spiro atoms. The zero-order valence-corrected chi connectivity index (χ0v) is 16.3. The molecule has 3 aromatic rings. The van der Waals surface area contributed by atoms with Gasteiger partial charge in [0.05, 0.1) is 10.0 Å². The number of anilines is 1. The minimum Gasteiger partial charge on any atom is -0.486 e. The van der Waals surface area contributed by atoms with Crippen LogP contribution in [0, 0.1) is 0 Å². The standard InChI is InChI=1S/C19H14Cl2N2O3S/c20-14-3-1-11(8-15(14)21)7-13-10-22-19(27-13)23-18(24)12-2-4-16-17(9-12)26-6-5-25-16/h1-4,8-10H,5-7H2,(H,22,23,24). The first-order chi connectivity index (χ1) is 13.1. The van der Waals surface area contributed by atoms with Crippen LogP contribution in [-0.2, 0) is 6.42 Å². The summed E-state index contributed by atoms with van der Waals surface area (Å²) in [5, 5.41) is 4.39. The van der Waals surface area contributed by atoms with Crippen molar-refractivity contribution < 1.29 is 14.3 Å². The van der Waals surface area contributed by atoms with E-state index in [1.54, 1.807) is 30.5 Å². The molecular formula is C19H14Cl2N2O3S. The number of benzene rings is 2. The van der Waals surface area contributed by atoms with Crippen LogP contribution in [-0.4, -0.2) is 24.1 Å². The smallest absolute Gasteiger partial charge is 0.257 e. The Balaban J connectivity index is 1.44. The van der Waals surface area contributed by atoms with Crippen molar-refractivity contribution in [1.29, 1.82) is 0 Å². The van der Waals surface area contributed by atoms with Crippen LogP contribution in [0.25, 0.3) is 0 Å². The van der Waals surface area contributed by atoms with Gasteiger partial charge in [0.2, 0.25) is 0 Å². The number of carbonyl (C=O) groups is 1. The monoisotopic (exact) mass is 420 g/mol. The topological polar surface area (TPSA) is 60.5 Å². The molecule has 2 aromatic carbocycles. The third-order valence-electron chi connectivity index (χ3n) is 3.94. The Bertz CT molecular complexity index is 1010. The first-order valence-corrected chi connectivity index (χ1v) is 9.75. The van der Waals surface area contributed by atoms with E-state index in [1.165, 1.54) is 11.3 Å². The number of carbonyl (C=O) groups excluding carboxylic acids is 1. The van der Waals surface area contributed by atoms with Gasteiger partial charge in [-0.3, -0.25) is 10.1 Å². The van der Waals surface area contributed by atoms with Crippen molar-refractivity contribution in [3.63, 3.8) is 0 Å². The van der Waals surface area contributed by atoms with Crippen LogP contribution in [0.1, 0.15) is 20.8 Å². The number of fused-ring (bicyclic) bond motifs is 1. The molecule has 0 fully saturated rings. The molecule has 0 unspecified atom stereocenters.